The van der Waals surface area contributed by atoms with Gasteiger partial charge in [0.15, 0.2) is 0 Å². The molecule has 0 unspecified atom stereocenters. The van der Waals surface area contributed by atoms with Crippen LogP contribution in [0.3, 0.4) is 0 Å². The maximum atomic E-state index is 12.9. The largest absolute Gasteiger partial charge is 0.336 e. The van der Waals surface area contributed by atoms with Gasteiger partial charge in [0.2, 0.25) is 11.8 Å². The molecule has 0 spiro atoms. The molecular formula is C21H31ClN2O2. The summed E-state index contributed by atoms with van der Waals surface area (Å²) < 4.78 is 0. The Hall–Kier alpha value is -1.55. The second-order valence-electron chi connectivity index (χ2n) is 8.26. The zero-order valence-electron chi connectivity index (χ0n) is 16.4. The van der Waals surface area contributed by atoms with Gasteiger partial charge in [-0.1, -0.05) is 38.1 Å². The molecule has 2 amide bonds. The minimum Gasteiger partial charge on any atom is -0.336 e. The van der Waals surface area contributed by atoms with Gasteiger partial charge in [0, 0.05) is 25.5 Å². The molecule has 5 heteroatoms. The summed E-state index contributed by atoms with van der Waals surface area (Å²) in [5, 5.41) is 0. The zero-order valence-corrected chi connectivity index (χ0v) is 17.2. The Labute approximate surface area is 162 Å². The summed E-state index contributed by atoms with van der Waals surface area (Å²) in [4.78, 5) is 29.3. The molecule has 1 aliphatic heterocycles. The second kappa shape index (κ2) is 8.90. The Kier molecular flexibility index (Phi) is 7.10. The molecular weight excluding hydrogens is 348 g/mol. The molecule has 0 bridgehead atoms. The van der Waals surface area contributed by atoms with Gasteiger partial charge in [0.25, 0.3) is 0 Å². The van der Waals surface area contributed by atoms with Crippen molar-refractivity contribution in [1.29, 1.82) is 0 Å². The third kappa shape index (κ3) is 5.23. The highest BCUT2D eigenvalue weighted by Crippen LogP contribution is 2.23. The lowest BCUT2D eigenvalue weighted by atomic mass is 9.93. The van der Waals surface area contributed by atoms with Crippen LogP contribution in [-0.4, -0.2) is 47.1 Å². The average Bonchev–Trinajstić information content (AvgIpc) is 2.63. The van der Waals surface area contributed by atoms with E-state index in [-0.39, 0.29) is 24.2 Å². The van der Waals surface area contributed by atoms with Crippen LogP contribution in [0.15, 0.2) is 24.3 Å². The number of rotatable bonds is 7. The van der Waals surface area contributed by atoms with Crippen LogP contribution in [0.1, 0.15) is 45.2 Å². The maximum absolute atomic E-state index is 12.9. The zero-order chi connectivity index (χ0) is 19.3. The highest BCUT2D eigenvalue weighted by atomic mass is 35.5. The van der Waals surface area contributed by atoms with Crippen molar-refractivity contribution in [3.05, 3.63) is 35.4 Å². The molecule has 144 valence electrons. The van der Waals surface area contributed by atoms with E-state index in [1.165, 1.54) is 11.1 Å². The van der Waals surface area contributed by atoms with Gasteiger partial charge in [0.05, 0.1) is 12.0 Å². The van der Waals surface area contributed by atoms with E-state index in [2.05, 4.69) is 26.0 Å². The second-order valence-corrected chi connectivity index (χ2v) is 8.53. The number of hydrogen-bond donors (Lipinski definition) is 0. The Morgan fingerprint density at radius 1 is 1.23 bits per heavy atom. The van der Waals surface area contributed by atoms with Crippen molar-refractivity contribution in [2.24, 2.45) is 11.3 Å². The van der Waals surface area contributed by atoms with Gasteiger partial charge in [-0.05, 0) is 43.7 Å². The Balaban J connectivity index is 2.07. The van der Waals surface area contributed by atoms with Crippen LogP contribution >= 0.6 is 11.6 Å². The number of halogens is 1. The molecule has 4 nitrogen and oxygen atoms in total. The van der Waals surface area contributed by atoms with E-state index >= 15 is 0 Å². The summed E-state index contributed by atoms with van der Waals surface area (Å²) in [5.74, 6) is 0.692. The number of benzene rings is 1. The first-order chi connectivity index (χ1) is 12.2. The van der Waals surface area contributed by atoms with E-state index in [9.17, 15) is 9.59 Å². The molecule has 0 saturated carbocycles. The Morgan fingerprint density at radius 2 is 1.88 bits per heavy atom. The van der Waals surface area contributed by atoms with Gasteiger partial charge in [-0.3, -0.25) is 9.59 Å². The van der Waals surface area contributed by atoms with Crippen molar-refractivity contribution in [2.75, 3.05) is 25.5 Å². The third-order valence-corrected chi connectivity index (χ3v) is 5.65. The first kappa shape index (κ1) is 20.8. The van der Waals surface area contributed by atoms with Gasteiger partial charge in [-0.25, -0.2) is 0 Å². The van der Waals surface area contributed by atoms with Crippen molar-refractivity contribution in [3.63, 3.8) is 0 Å². The molecule has 0 aliphatic carbocycles. The van der Waals surface area contributed by atoms with Gasteiger partial charge in [-0.15, -0.1) is 11.6 Å². The van der Waals surface area contributed by atoms with E-state index in [4.69, 9.17) is 11.6 Å². The fourth-order valence-electron chi connectivity index (χ4n) is 3.12. The fourth-order valence-corrected chi connectivity index (χ4v) is 3.24. The van der Waals surface area contributed by atoms with Crippen molar-refractivity contribution in [2.45, 2.75) is 47.1 Å². The Bertz CT molecular complexity index is 643. The van der Waals surface area contributed by atoms with Crippen molar-refractivity contribution < 1.29 is 9.59 Å². The molecule has 0 atom stereocenters. The summed E-state index contributed by atoms with van der Waals surface area (Å²) in [6.07, 6.45) is 1.75. The SMILES string of the molecule is CC(C)CCN(CC(=O)N1CCc2ccccc2C1)C(=O)C(C)(C)CCl. The van der Waals surface area contributed by atoms with Gasteiger partial charge in [0.1, 0.15) is 0 Å². The highest BCUT2D eigenvalue weighted by Gasteiger charge is 2.33. The van der Waals surface area contributed by atoms with Crippen LogP contribution in [0.2, 0.25) is 0 Å². The molecule has 1 aromatic carbocycles. The predicted octanol–water partition coefficient (Wildman–Crippen LogP) is 3.71. The number of hydrogen-bond acceptors (Lipinski definition) is 2. The fraction of sp³-hybridized carbons (Fsp3) is 0.619. The predicted molar refractivity (Wildman–Crippen MR) is 106 cm³/mol. The standard InChI is InChI=1S/C21H31ClN2O2/c1-16(2)9-11-24(20(26)21(3,4)15-22)14-19(25)23-12-10-17-7-5-6-8-18(17)13-23/h5-8,16H,9-15H2,1-4H3. The smallest absolute Gasteiger partial charge is 0.242 e. The summed E-state index contributed by atoms with van der Waals surface area (Å²) in [6, 6.07) is 8.25. The molecule has 2 rings (SSSR count). The lowest BCUT2D eigenvalue weighted by Crippen LogP contribution is -2.49. The van der Waals surface area contributed by atoms with Gasteiger partial charge < -0.3 is 9.80 Å². The summed E-state index contributed by atoms with van der Waals surface area (Å²) in [6.45, 7) is 9.98. The molecule has 1 heterocycles. The van der Waals surface area contributed by atoms with E-state index in [0.717, 1.165) is 12.8 Å². The van der Waals surface area contributed by atoms with Gasteiger partial charge in [-0.2, -0.15) is 0 Å². The van der Waals surface area contributed by atoms with E-state index in [1.54, 1.807) is 4.90 Å². The lowest BCUT2D eigenvalue weighted by Gasteiger charge is -2.34. The minimum absolute atomic E-state index is 0.0157. The van der Waals surface area contributed by atoms with Crippen molar-refractivity contribution in [3.8, 4) is 0 Å². The number of carbonyl (C=O) groups excluding carboxylic acids is 2. The van der Waals surface area contributed by atoms with E-state index in [0.29, 0.717) is 25.6 Å². The van der Waals surface area contributed by atoms with Crippen molar-refractivity contribution >= 4 is 23.4 Å². The van der Waals surface area contributed by atoms with Crippen LogP contribution in [-0.2, 0) is 22.6 Å². The van der Waals surface area contributed by atoms with E-state index in [1.807, 2.05) is 30.9 Å². The first-order valence-electron chi connectivity index (χ1n) is 9.44. The minimum atomic E-state index is -0.659. The van der Waals surface area contributed by atoms with Crippen LogP contribution in [0, 0.1) is 11.3 Å². The molecule has 0 fully saturated rings. The van der Waals surface area contributed by atoms with Gasteiger partial charge >= 0.3 is 0 Å². The summed E-state index contributed by atoms with van der Waals surface area (Å²) in [5.41, 5.74) is 1.86. The first-order valence-corrected chi connectivity index (χ1v) is 9.98. The number of nitrogens with zero attached hydrogens (tertiary/aromatic N) is 2. The third-order valence-electron chi connectivity index (χ3n) is 4.99. The number of amides is 2. The molecule has 26 heavy (non-hydrogen) atoms. The highest BCUT2D eigenvalue weighted by molar-refractivity contribution is 6.19. The normalized spacial score (nSPS) is 14.3. The number of fused-ring (bicyclic) bond motifs is 1. The van der Waals surface area contributed by atoms with Crippen LogP contribution < -0.4 is 0 Å². The molecule has 0 radical (unpaired) electrons. The molecule has 0 N–H and O–H groups in total. The monoisotopic (exact) mass is 378 g/mol. The number of carbonyl (C=O) groups is 2. The molecule has 1 aromatic rings. The Morgan fingerprint density at radius 3 is 2.50 bits per heavy atom. The molecule has 0 saturated heterocycles. The topological polar surface area (TPSA) is 40.6 Å². The van der Waals surface area contributed by atoms with Crippen LogP contribution in [0.5, 0.6) is 0 Å². The quantitative estimate of drug-likeness (QED) is 0.678. The maximum Gasteiger partial charge on any atom is 0.242 e. The van der Waals surface area contributed by atoms with Crippen molar-refractivity contribution in [1.82, 2.24) is 9.80 Å². The molecule has 1 aliphatic rings. The molecule has 0 aromatic heterocycles. The van der Waals surface area contributed by atoms with E-state index < -0.39 is 5.41 Å². The lowest BCUT2D eigenvalue weighted by molar-refractivity contribution is -0.146. The number of alkyl halides is 1. The van der Waals surface area contributed by atoms with Crippen LogP contribution in [0.4, 0.5) is 0 Å². The summed E-state index contributed by atoms with van der Waals surface area (Å²) >= 11 is 5.99. The summed E-state index contributed by atoms with van der Waals surface area (Å²) in [7, 11) is 0. The average molecular weight is 379 g/mol. The van der Waals surface area contributed by atoms with Crippen LogP contribution in [0.25, 0.3) is 0 Å².